The lowest BCUT2D eigenvalue weighted by molar-refractivity contribution is 0.0570. The van der Waals surface area contributed by atoms with Crippen molar-refractivity contribution in [3.05, 3.63) is 29.3 Å². The molecule has 0 atom stereocenters. The van der Waals surface area contributed by atoms with E-state index in [1.807, 2.05) is 12.1 Å². The van der Waals surface area contributed by atoms with E-state index in [1.54, 1.807) is 29.9 Å². The van der Waals surface area contributed by atoms with Crippen LogP contribution in [0.3, 0.4) is 0 Å². The molecule has 1 saturated heterocycles. The minimum absolute atomic E-state index is 0.0111. The van der Waals surface area contributed by atoms with Crippen LogP contribution in [0, 0.1) is 0 Å². The number of carbonyl (C=O) groups excluding carboxylic acids is 2. The van der Waals surface area contributed by atoms with Crippen LogP contribution in [0.1, 0.15) is 42.6 Å². The summed E-state index contributed by atoms with van der Waals surface area (Å²) in [6.45, 7) is 8.32. The number of ether oxygens (including phenoxy) is 2. The molecule has 1 heterocycles. The molecule has 6 nitrogen and oxygen atoms in total. The number of rotatable bonds is 4. The smallest absolute Gasteiger partial charge is 0.409 e. The van der Waals surface area contributed by atoms with E-state index >= 15 is 0 Å². The predicted molar refractivity (Wildman–Crippen MR) is 91.6 cm³/mol. The van der Waals surface area contributed by atoms with Crippen molar-refractivity contribution < 1.29 is 19.1 Å². The van der Waals surface area contributed by atoms with Crippen LogP contribution in [0.4, 0.5) is 4.79 Å². The summed E-state index contributed by atoms with van der Waals surface area (Å²) in [7, 11) is 1.64. The average Bonchev–Trinajstić information content (AvgIpc) is 2.60. The summed E-state index contributed by atoms with van der Waals surface area (Å²) in [5.74, 6) is 1.06. The molecule has 0 saturated carbocycles. The quantitative estimate of drug-likeness (QED) is 0.849. The van der Waals surface area contributed by atoms with Crippen LogP contribution < -0.4 is 4.74 Å². The second-order valence-electron chi connectivity index (χ2n) is 6.09. The van der Waals surface area contributed by atoms with Crippen LogP contribution in [0.25, 0.3) is 0 Å². The SMILES string of the molecule is CCOC(=O)N1CCN(C(=O)c2ccc(OC)c(C(C)C)c2)CC1. The molecule has 6 heteroatoms. The van der Waals surface area contributed by atoms with Crippen molar-refractivity contribution in [1.29, 1.82) is 0 Å². The van der Waals surface area contributed by atoms with E-state index in [9.17, 15) is 9.59 Å². The molecule has 0 bridgehead atoms. The van der Waals surface area contributed by atoms with Gasteiger partial charge in [-0.1, -0.05) is 13.8 Å². The highest BCUT2D eigenvalue weighted by atomic mass is 16.6. The fourth-order valence-corrected chi connectivity index (χ4v) is 2.81. The van der Waals surface area contributed by atoms with Crippen LogP contribution in [0.5, 0.6) is 5.75 Å². The number of hydrogen-bond acceptors (Lipinski definition) is 4. The maximum absolute atomic E-state index is 12.7. The van der Waals surface area contributed by atoms with Crippen molar-refractivity contribution in [2.45, 2.75) is 26.7 Å². The molecular formula is C18H26N2O4. The molecule has 1 aliphatic heterocycles. The van der Waals surface area contributed by atoms with Crippen molar-refractivity contribution in [3.8, 4) is 5.75 Å². The third-order valence-corrected chi connectivity index (χ3v) is 4.19. The molecule has 0 aromatic heterocycles. The van der Waals surface area contributed by atoms with Gasteiger partial charge in [-0.3, -0.25) is 4.79 Å². The van der Waals surface area contributed by atoms with E-state index in [0.717, 1.165) is 11.3 Å². The monoisotopic (exact) mass is 334 g/mol. The molecule has 1 aromatic carbocycles. The van der Waals surface area contributed by atoms with E-state index in [1.165, 1.54) is 0 Å². The Hall–Kier alpha value is -2.24. The molecule has 0 N–H and O–H groups in total. The third-order valence-electron chi connectivity index (χ3n) is 4.19. The lowest BCUT2D eigenvalue weighted by Gasteiger charge is -2.34. The molecule has 0 radical (unpaired) electrons. The maximum Gasteiger partial charge on any atom is 0.409 e. The van der Waals surface area contributed by atoms with Gasteiger partial charge in [0.15, 0.2) is 0 Å². The van der Waals surface area contributed by atoms with Gasteiger partial charge in [-0.05, 0) is 36.6 Å². The summed E-state index contributed by atoms with van der Waals surface area (Å²) in [6, 6.07) is 5.55. The lowest BCUT2D eigenvalue weighted by atomic mass is 9.99. The Labute approximate surface area is 143 Å². The van der Waals surface area contributed by atoms with Gasteiger partial charge in [-0.2, -0.15) is 0 Å². The minimum Gasteiger partial charge on any atom is -0.496 e. The van der Waals surface area contributed by atoms with Gasteiger partial charge in [-0.15, -0.1) is 0 Å². The number of amides is 2. The predicted octanol–water partition coefficient (Wildman–Crippen LogP) is 2.73. The number of hydrogen-bond donors (Lipinski definition) is 0. The zero-order valence-electron chi connectivity index (χ0n) is 14.9. The first kappa shape index (κ1) is 18.1. The van der Waals surface area contributed by atoms with Gasteiger partial charge in [0.2, 0.25) is 0 Å². The van der Waals surface area contributed by atoms with E-state index in [2.05, 4.69) is 13.8 Å². The Balaban J connectivity index is 2.05. The molecule has 1 aromatic rings. The zero-order valence-corrected chi connectivity index (χ0v) is 14.9. The molecule has 2 amide bonds. The second kappa shape index (κ2) is 8.04. The summed E-state index contributed by atoms with van der Waals surface area (Å²) in [5.41, 5.74) is 1.68. The van der Waals surface area contributed by atoms with Crippen molar-refractivity contribution in [1.82, 2.24) is 9.80 Å². The first-order valence-electron chi connectivity index (χ1n) is 8.36. The fraction of sp³-hybridized carbons (Fsp3) is 0.556. The first-order chi connectivity index (χ1) is 11.5. The van der Waals surface area contributed by atoms with Gasteiger partial charge in [0, 0.05) is 31.7 Å². The molecule has 132 valence electrons. The van der Waals surface area contributed by atoms with Gasteiger partial charge >= 0.3 is 6.09 Å². The van der Waals surface area contributed by atoms with E-state index in [-0.39, 0.29) is 17.9 Å². The molecular weight excluding hydrogens is 308 g/mol. The van der Waals surface area contributed by atoms with Crippen LogP contribution in [-0.2, 0) is 4.74 Å². The fourth-order valence-electron chi connectivity index (χ4n) is 2.81. The largest absolute Gasteiger partial charge is 0.496 e. The van der Waals surface area contributed by atoms with Crippen molar-refractivity contribution in [2.24, 2.45) is 0 Å². The van der Waals surface area contributed by atoms with Crippen molar-refractivity contribution >= 4 is 12.0 Å². The van der Waals surface area contributed by atoms with Gasteiger partial charge in [0.25, 0.3) is 5.91 Å². The molecule has 1 aliphatic rings. The summed E-state index contributed by atoms with van der Waals surface area (Å²) < 4.78 is 10.4. The van der Waals surface area contributed by atoms with Crippen LogP contribution in [-0.4, -0.2) is 61.7 Å². The van der Waals surface area contributed by atoms with Gasteiger partial charge in [-0.25, -0.2) is 4.79 Å². The van der Waals surface area contributed by atoms with Gasteiger partial charge in [0.05, 0.1) is 13.7 Å². The Bertz CT molecular complexity index is 593. The summed E-state index contributed by atoms with van der Waals surface area (Å²) in [5, 5.41) is 0. The van der Waals surface area contributed by atoms with E-state index in [4.69, 9.17) is 9.47 Å². The molecule has 1 fully saturated rings. The average molecular weight is 334 g/mol. The van der Waals surface area contributed by atoms with Crippen LogP contribution >= 0.6 is 0 Å². The molecule has 0 unspecified atom stereocenters. The van der Waals surface area contributed by atoms with Crippen molar-refractivity contribution in [3.63, 3.8) is 0 Å². The highest BCUT2D eigenvalue weighted by Crippen LogP contribution is 2.27. The number of carbonyl (C=O) groups is 2. The second-order valence-corrected chi connectivity index (χ2v) is 6.09. The van der Waals surface area contributed by atoms with E-state index in [0.29, 0.717) is 38.3 Å². The Kier molecular flexibility index (Phi) is 6.06. The Morgan fingerprint density at radius 2 is 1.75 bits per heavy atom. The minimum atomic E-state index is -0.309. The first-order valence-corrected chi connectivity index (χ1v) is 8.36. The number of nitrogens with zero attached hydrogens (tertiary/aromatic N) is 2. The maximum atomic E-state index is 12.7. The third kappa shape index (κ3) is 3.99. The van der Waals surface area contributed by atoms with Crippen molar-refractivity contribution in [2.75, 3.05) is 39.9 Å². The lowest BCUT2D eigenvalue weighted by Crippen LogP contribution is -2.50. The topological polar surface area (TPSA) is 59.1 Å². The number of benzene rings is 1. The van der Waals surface area contributed by atoms with Gasteiger partial charge in [0.1, 0.15) is 5.75 Å². The van der Waals surface area contributed by atoms with Crippen LogP contribution in [0.2, 0.25) is 0 Å². The normalized spacial score (nSPS) is 14.7. The van der Waals surface area contributed by atoms with Crippen LogP contribution in [0.15, 0.2) is 18.2 Å². The standard InChI is InChI=1S/C18H26N2O4/c1-5-24-18(22)20-10-8-19(9-11-20)17(21)14-6-7-16(23-4)15(12-14)13(2)3/h6-7,12-13H,5,8-11H2,1-4H3. The Morgan fingerprint density at radius 1 is 1.12 bits per heavy atom. The van der Waals surface area contributed by atoms with Gasteiger partial charge < -0.3 is 19.3 Å². The molecule has 24 heavy (non-hydrogen) atoms. The summed E-state index contributed by atoms with van der Waals surface area (Å²) >= 11 is 0. The van der Waals surface area contributed by atoms with E-state index < -0.39 is 0 Å². The summed E-state index contributed by atoms with van der Waals surface area (Å²) in [4.78, 5) is 27.9. The molecule has 2 rings (SSSR count). The molecule has 0 aliphatic carbocycles. The number of piperazine rings is 1. The zero-order chi connectivity index (χ0) is 17.7. The highest BCUT2D eigenvalue weighted by molar-refractivity contribution is 5.94. The summed E-state index contributed by atoms with van der Waals surface area (Å²) in [6.07, 6.45) is -0.309. The Morgan fingerprint density at radius 3 is 2.29 bits per heavy atom. The highest BCUT2D eigenvalue weighted by Gasteiger charge is 2.26. The number of methoxy groups -OCH3 is 1. The molecule has 0 spiro atoms.